The Kier molecular flexibility index (Phi) is 3.27. The molecule has 5 heteroatoms. The zero-order valence-electron chi connectivity index (χ0n) is 8.14. The first kappa shape index (κ1) is 10.9. The Morgan fingerprint density at radius 1 is 1.31 bits per heavy atom. The van der Waals surface area contributed by atoms with Crippen molar-refractivity contribution in [1.82, 2.24) is 4.90 Å². The van der Waals surface area contributed by atoms with Crippen molar-refractivity contribution in [3.05, 3.63) is 0 Å². The first-order valence-electron chi connectivity index (χ1n) is 4.90. The van der Waals surface area contributed by atoms with Crippen LogP contribution in [0.15, 0.2) is 0 Å². The van der Waals surface area contributed by atoms with Gasteiger partial charge in [-0.1, -0.05) is 6.92 Å². The van der Waals surface area contributed by atoms with Gasteiger partial charge in [-0.3, -0.25) is 0 Å². The Labute approximate surface area is 77.4 Å². The third-order valence-electron chi connectivity index (χ3n) is 2.84. The number of nitrogens with zero attached hydrogens (tertiary/aromatic N) is 1. The summed E-state index contributed by atoms with van der Waals surface area (Å²) in [5, 5.41) is 0. The largest absolute Gasteiger partial charge is 0.492 e. The molecule has 0 bridgehead atoms. The van der Waals surface area contributed by atoms with E-state index in [4.69, 9.17) is 0 Å². The Hall–Kier alpha value is -0.185. The van der Waals surface area contributed by atoms with E-state index >= 15 is 0 Å². The van der Waals surface area contributed by atoms with Gasteiger partial charge in [-0.25, -0.2) is 0 Å². The number of hydrogen-bond acceptors (Lipinski definition) is 1. The van der Waals surface area contributed by atoms with Gasteiger partial charge in [-0.2, -0.15) is 0 Å². The molecule has 2 atom stereocenters. The van der Waals surface area contributed by atoms with E-state index in [9.17, 15) is 12.9 Å². The van der Waals surface area contributed by atoms with Gasteiger partial charge in [0.2, 0.25) is 0 Å². The Bertz CT molecular complexity index is 171. The molecule has 1 saturated heterocycles. The zero-order chi connectivity index (χ0) is 10.1. The molecule has 0 spiro atoms. The summed E-state index contributed by atoms with van der Waals surface area (Å²) in [6.07, 6.45) is 1.98. The number of likely N-dealkylation sites (tertiary alicyclic amines) is 1. The summed E-state index contributed by atoms with van der Waals surface area (Å²) < 4.78 is 36.6. The Morgan fingerprint density at radius 2 is 1.92 bits per heavy atom. The van der Waals surface area contributed by atoms with E-state index in [1.807, 2.05) is 13.8 Å². The Balaban J connectivity index is 2.54. The topological polar surface area (TPSA) is 3.24 Å². The van der Waals surface area contributed by atoms with E-state index in [1.165, 1.54) is 0 Å². The van der Waals surface area contributed by atoms with Crippen LogP contribution in [0.25, 0.3) is 0 Å². The van der Waals surface area contributed by atoms with Gasteiger partial charge in [0.1, 0.15) is 0 Å². The van der Waals surface area contributed by atoms with E-state index in [0.717, 1.165) is 19.3 Å². The average Bonchev–Trinajstić information content (AvgIpc) is 2.30. The first-order valence-corrected chi connectivity index (χ1v) is 4.90. The van der Waals surface area contributed by atoms with Gasteiger partial charge in [-0.15, -0.1) is 0 Å². The first-order chi connectivity index (χ1) is 5.94. The lowest BCUT2D eigenvalue weighted by atomic mass is 9.90. The lowest BCUT2D eigenvalue weighted by molar-refractivity contribution is 0.208. The maximum Gasteiger partial charge on any atom is 0.492 e. The molecular weight excluding hydrogens is 178 g/mol. The lowest BCUT2D eigenvalue weighted by Crippen LogP contribution is -2.43. The fraction of sp³-hybridized carbons (Fsp3) is 1.00. The maximum absolute atomic E-state index is 12.2. The van der Waals surface area contributed by atoms with Crippen LogP contribution in [0.4, 0.5) is 12.9 Å². The molecule has 0 saturated carbocycles. The van der Waals surface area contributed by atoms with Crippen molar-refractivity contribution in [3.8, 4) is 0 Å². The van der Waals surface area contributed by atoms with Crippen LogP contribution in [0.2, 0.25) is 0 Å². The summed E-state index contributed by atoms with van der Waals surface area (Å²) in [6, 6.07) is 0.256. The maximum atomic E-state index is 12.2. The minimum Gasteiger partial charge on any atom is -0.448 e. The molecule has 0 aromatic rings. The standard InChI is InChI=1S/C8H16BF3N/c1-3-8-5-4-7(2)13(8)6-9(10,11)12/h7-8H,3-6H2,1-2H3/q-1. The molecule has 0 aromatic carbocycles. The normalized spacial score (nSPS) is 31.2. The number of rotatable bonds is 3. The molecule has 0 N–H and O–H groups in total. The lowest BCUT2D eigenvalue weighted by Gasteiger charge is -2.32. The van der Waals surface area contributed by atoms with Crippen molar-refractivity contribution in [2.24, 2.45) is 0 Å². The third kappa shape index (κ3) is 2.90. The van der Waals surface area contributed by atoms with Gasteiger partial charge >= 0.3 is 6.98 Å². The molecule has 1 aliphatic rings. The monoisotopic (exact) mass is 194 g/mol. The van der Waals surface area contributed by atoms with Crippen molar-refractivity contribution >= 4 is 6.98 Å². The predicted molar refractivity (Wildman–Crippen MR) is 48.6 cm³/mol. The van der Waals surface area contributed by atoms with Gasteiger partial charge in [0.05, 0.1) is 0 Å². The summed E-state index contributed by atoms with van der Waals surface area (Å²) in [6.45, 7) is -0.812. The Morgan fingerprint density at radius 3 is 2.38 bits per heavy atom. The average molecular weight is 194 g/mol. The SMILES string of the molecule is CCC1CCC(C)N1C[B-](F)(F)F. The summed E-state index contributed by atoms with van der Waals surface area (Å²) in [4.78, 5) is 1.61. The molecule has 1 aliphatic heterocycles. The summed E-state index contributed by atoms with van der Waals surface area (Å²) >= 11 is 0. The van der Waals surface area contributed by atoms with Gasteiger partial charge in [0.25, 0.3) is 0 Å². The summed E-state index contributed by atoms with van der Waals surface area (Å²) in [5.74, 6) is 0. The summed E-state index contributed by atoms with van der Waals surface area (Å²) in [5.41, 5.74) is 0. The molecule has 1 heterocycles. The third-order valence-corrected chi connectivity index (χ3v) is 2.84. The predicted octanol–water partition coefficient (Wildman–Crippen LogP) is 2.64. The van der Waals surface area contributed by atoms with Crippen LogP contribution < -0.4 is 0 Å². The number of halogens is 3. The van der Waals surface area contributed by atoms with Crippen molar-refractivity contribution in [2.45, 2.75) is 45.2 Å². The van der Waals surface area contributed by atoms with Crippen molar-refractivity contribution < 1.29 is 12.9 Å². The van der Waals surface area contributed by atoms with E-state index in [-0.39, 0.29) is 12.1 Å². The van der Waals surface area contributed by atoms with Crippen molar-refractivity contribution in [1.29, 1.82) is 0 Å². The van der Waals surface area contributed by atoms with Gasteiger partial charge < -0.3 is 17.8 Å². The van der Waals surface area contributed by atoms with E-state index in [1.54, 1.807) is 4.90 Å². The van der Waals surface area contributed by atoms with E-state index in [0.29, 0.717) is 0 Å². The van der Waals surface area contributed by atoms with Crippen molar-refractivity contribution in [2.75, 3.05) is 6.44 Å². The molecule has 0 aromatic heterocycles. The molecule has 0 aliphatic carbocycles. The van der Waals surface area contributed by atoms with E-state index < -0.39 is 13.4 Å². The molecule has 2 unspecified atom stereocenters. The number of hydrogen-bond donors (Lipinski definition) is 0. The molecule has 78 valence electrons. The van der Waals surface area contributed by atoms with Crippen LogP contribution >= 0.6 is 0 Å². The molecule has 1 fully saturated rings. The zero-order valence-corrected chi connectivity index (χ0v) is 8.14. The quantitative estimate of drug-likeness (QED) is 0.624. The molecule has 1 nitrogen and oxygen atoms in total. The second-order valence-electron chi connectivity index (χ2n) is 3.90. The highest BCUT2D eigenvalue weighted by atomic mass is 19.4. The van der Waals surface area contributed by atoms with Gasteiger partial charge in [0, 0.05) is 12.1 Å². The fourth-order valence-electron chi connectivity index (χ4n) is 2.13. The van der Waals surface area contributed by atoms with Gasteiger partial charge in [-0.05, 0) is 32.6 Å². The minimum absolute atomic E-state index is 0.105. The van der Waals surface area contributed by atoms with E-state index in [2.05, 4.69) is 0 Å². The molecule has 0 amide bonds. The van der Waals surface area contributed by atoms with Crippen LogP contribution in [-0.4, -0.2) is 30.4 Å². The van der Waals surface area contributed by atoms with Crippen molar-refractivity contribution in [3.63, 3.8) is 0 Å². The summed E-state index contributed by atoms with van der Waals surface area (Å²) in [7, 11) is 0. The molecule has 1 rings (SSSR count). The highest BCUT2D eigenvalue weighted by molar-refractivity contribution is 6.58. The van der Waals surface area contributed by atoms with Crippen LogP contribution in [0.5, 0.6) is 0 Å². The van der Waals surface area contributed by atoms with Crippen LogP contribution in [0.1, 0.15) is 33.1 Å². The van der Waals surface area contributed by atoms with Crippen LogP contribution in [0.3, 0.4) is 0 Å². The van der Waals surface area contributed by atoms with Crippen LogP contribution in [0, 0.1) is 0 Å². The van der Waals surface area contributed by atoms with Crippen LogP contribution in [-0.2, 0) is 0 Å². The second kappa shape index (κ2) is 3.90. The smallest absolute Gasteiger partial charge is 0.448 e. The highest BCUT2D eigenvalue weighted by Gasteiger charge is 2.35. The molecule has 0 radical (unpaired) electrons. The second-order valence-corrected chi connectivity index (χ2v) is 3.90. The van der Waals surface area contributed by atoms with Gasteiger partial charge in [0.15, 0.2) is 0 Å². The molecular formula is C8H16BF3N-. The minimum atomic E-state index is -4.66. The fourth-order valence-corrected chi connectivity index (χ4v) is 2.13. The molecule has 13 heavy (non-hydrogen) atoms. The highest BCUT2D eigenvalue weighted by Crippen LogP contribution is 2.28.